The minimum atomic E-state index is -0.372. The van der Waals surface area contributed by atoms with Crippen molar-refractivity contribution in [1.29, 1.82) is 0 Å². The number of carbonyl (C=O) groups excluding carboxylic acids is 2. The average molecular weight is 498 g/mol. The van der Waals surface area contributed by atoms with E-state index in [1.165, 1.54) is 24.6 Å². The van der Waals surface area contributed by atoms with Gasteiger partial charge >= 0.3 is 0 Å². The number of amides is 2. The van der Waals surface area contributed by atoms with Gasteiger partial charge in [0.25, 0.3) is 5.91 Å². The van der Waals surface area contributed by atoms with Gasteiger partial charge in [-0.15, -0.1) is 10.2 Å². The number of halogens is 2. The largest absolute Gasteiger partial charge is 0.353 e. The van der Waals surface area contributed by atoms with Crippen LogP contribution in [0.4, 0.5) is 0 Å². The number of nitrogens with one attached hydrogen (secondary N) is 2. The van der Waals surface area contributed by atoms with Gasteiger partial charge in [-0.1, -0.05) is 61.7 Å². The Labute approximate surface area is 203 Å². The number of carbonyl (C=O) groups is 2. The lowest BCUT2D eigenvalue weighted by Gasteiger charge is -2.23. The fraction of sp³-hybridized carbons (Fsp3) is 0.545. The molecule has 1 atom stereocenters. The van der Waals surface area contributed by atoms with Crippen LogP contribution in [0.1, 0.15) is 68.7 Å². The predicted octanol–water partition coefficient (Wildman–Crippen LogP) is 4.88. The molecule has 0 aliphatic heterocycles. The fourth-order valence-electron chi connectivity index (χ4n) is 3.83. The van der Waals surface area contributed by atoms with Crippen LogP contribution in [0.15, 0.2) is 23.4 Å². The van der Waals surface area contributed by atoms with Crippen molar-refractivity contribution in [1.82, 2.24) is 25.4 Å². The van der Waals surface area contributed by atoms with E-state index in [1.807, 2.05) is 25.3 Å². The van der Waals surface area contributed by atoms with E-state index in [-0.39, 0.29) is 29.5 Å². The SMILES string of the molecule is CCn1c(SCC(=O)NC2CCCC2)nnc1[C@H](NC(=O)c1ccc(Cl)cc1Cl)C(C)C. The average Bonchev–Trinajstić information content (AvgIpc) is 3.39. The van der Waals surface area contributed by atoms with Crippen LogP contribution in [0.5, 0.6) is 0 Å². The lowest BCUT2D eigenvalue weighted by Crippen LogP contribution is -2.34. The van der Waals surface area contributed by atoms with Crippen molar-refractivity contribution in [3.63, 3.8) is 0 Å². The summed E-state index contributed by atoms with van der Waals surface area (Å²) < 4.78 is 1.95. The number of rotatable bonds is 9. The van der Waals surface area contributed by atoms with Crippen LogP contribution in [0.25, 0.3) is 0 Å². The molecule has 1 saturated carbocycles. The van der Waals surface area contributed by atoms with Gasteiger partial charge < -0.3 is 15.2 Å². The van der Waals surface area contributed by atoms with Crippen molar-refractivity contribution < 1.29 is 9.59 Å². The number of hydrogen-bond donors (Lipinski definition) is 2. The summed E-state index contributed by atoms with van der Waals surface area (Å²) >= 11 is 13.5. The normalized spacial score (nSPS) is 15.2. The number of thioether (sulfide) groups is 1. The molecule has 0 saturated heterocycles. The number of nitrogens with zero attached hydrogens (tertiary/aromatic N) is 3. The zero-order chi connectivity index (χ0) is 23.3. The molecule has 0 unspecified atom stereocenters. The second-order valence-corrected chi connectivity index (χ2v) is 10.0. The highest BCUT2D eigenvalue weighted by Crippen LogP contribution is 2.27. The maximum Gasteiger partial charge on any atom is 0.253 e. The van der Waals surface area contributed by atoms with Gasteiger partial charge in [0.1, 0.15) is 0 Å². The van der Waals surface area contributed by atoms with Gasteiger partial charge in [-0.2, -0.15) is 0 Å². The molecule has 2 amide bonds. The van der Waals surface area contributed by atoms with Crippen LogP contribution >= 0.6 is 35.0 Å². The number of hydrogen-bond acceptors (Lipinski definition) is 5. The van der Waals surface area contributed by atoms with Crippen molar-refractivity contribution in [2.45, 2.75) is 70.2 Å². The molecular weight excluding hydrogens is 469 g/mol. The molecule has 2 aromatic rings. The monoisotopic (exact) mass is 497 g/mol. The summed E-state index contributed by atoms with van der Waals surface area (Å²) in [6.45, 7) is 6.62. The molecule has 0 spiro atoms. The van der Waals surface area contributed by atoms with Gasteiger partial charge in [-0.3, -0.25) is 9.59 Å². The van der Waals surface area contributed by atoms with Crippen LogP contribution in [0.2, 0.25) is 10.0 Å². The molecular formula is C22H29Cl2N5O2S. The number of benzene rings is 1. The predicted molar refractivity (Wildman–Crippen MR) is 128 cm³/mol. The smallest absolute Gasteiger partial charge is 0.253 e. The summed E-state index contributed by atoms with van der Waals surface area (Å²) in [7, 11) is 0. The van der Waals surface area contributed by atoms with Crippen molar-refractivity contribution in [3.05, 3.63) is 39.6 Å². The summed E-state index contributed by atoms with van der Waals surface area (Å²) in [5.74, 6) is 0.706. The highest BCUT2D eigenvalue weighted by atomic mass is 35.5. The Hall–Kier alpha value is -1.77. The van der Waals surface area contributed by atoms with Crippen LogP contribution in [-0.2, 0) is 11.3 Å². The van der Waals surface area contributed by atoms with Gasteiger partial charge in [0.05, 0.1) is 22.4 Å². The Morgan fingerprint density at radius 1 is 1.22 bits per heavy atom. The molecule has 10 heteroatoms. The summed E-state index contributed by atoms with van der Waals surface area (Å²) in [5.41, 5.74) is 0.350. The zero-order valence-electron chi connectivity index (χ0n) is 18.5. The Morgan fingerprint density at radius 2 is 1.94 bits per heavy atom. The highest BCUT2D eigenvalue weighted by Gasteiger charge is 2.27. The fourth-order valence-corrected chi connectivity index (χ4v) is 5.14. The molecule has 1 aromatic heterocycles. The molecule has 0 bridgehead atoms. The molecule has 1 aliphatic rings. The van der Waals surface area contributed by atoms with Crippen LogP contribution in [0, 0.1) is 5.92 Å². The van der Waals surface area contributed by atoms with E-state index in [9.17, 15) is 9.59 Å². The maximum absolute atomic E-state index is 12.9. The minimum absolute atomic E-state index is 0.0141. The summed E-state index contributed by atoms with van der Waals surface area (Å²) in [6, 6.07) is 4.70. The molecule has 0 radical (unpaired) electrons. The first-order valence-electron chi connectivity index (χ1n) is 10.9. The van der Waals surface area contributed by atoms with Gasteiger partial charge in [-0.25, -0.2) is 0 Å². The first-order chi connectivity index (χ1) is 15.3. The van der Waals surface area contributed by atoms with Crippen molar-refractivity contribution in [2.24, 2.45) is 5.92 Å². The Balaban J connectivity index is 1.71. The Bertz CT molecular complexity index is 960. The Kier molecular flexibility index (Phi) is 8.85. The molecule has 1 heterocycles. The second kappa shape index (κ2) is 11.4. The van der Waals surface area contributed by atoms with Crippen molar-refractivity contribution >= 4 is 46.8 Å². The highest BCUT2D eigenvalue weighted by molar-refractivity contribution is 7.99. The van der Waals surface area contributed by atoms with Gasteiger partial charge in [0, 0.05) is 17.6 Å². The summed E-state index contributed by atoms with van der Waals surface area (Å²) in [4.78, 5) is 25.2. The third-order valence-electron chi connectivity index (χ3n) is 5.52. The summed E-state index contributed by atoms with van der Waals surface area (Å²) in [6.07, 6.45) is 4.46. The maximum atomic E-state index is 12.9. The molecule has 32 heavy (non-hydrogen) atoms. The summed E-state index contributed by atoms with van der Waals surface area (Å²) in [5, 5.41) is 16.2. The van der Waals surface area contributed by atoms with E-state index in [0.29, 0.717) is 39.2 Å². The minimum Gasteiger partial charge on any atom is -0.353 e. The molecule has 1 fully saturated rings. The van der Waals surface area contributed by atoms with Crippen LogP contribution in [0.3, 0.4) is 0 Å². The van der Waals surface area contributed by atoms with Crippen LogP contribution in [-0.4, -0.2) is 38.4 Å². The molecule has 1 aliphatic carbocycles. The zero-order valence-corrected chi connectivity index (χ0v) is 20.9. The third-order valence-corrected chi connectivity index (χ3v) is 7.04. The van der Waals surface area contributed by atoms with Crippen LogP contribution < -0.4 is 10.6 Å². The number of aromatic nitrogens is 3. The molecule has 2 N–H and O–H groups in total. The molecule has 174 valence electrons. The Morgan fingerprint density at radius 3 is 2.56 bits per heavy atom. The van der Waals surface area contributed by atoms with Crippen molar-refractivity contribution in [3.8, 4) is 0 Å². The standard InChI is InChI=1S/C22H29Cl2N5O2S/c1-4-29-20(27-28-22(29)32-12-18(30)25-15-7-5-6-8-15)19(13(2)3)26-21(31)16-10-9-14(23)11-17(16)24/h9-11,13,15,19H,4-8,12H2,1-3H3,(H,25,30)(H,26,31)/t19-/m1/s1. The first-order valence-corrected chi connectivity index (χ1v) is 12.7. The quantitative estimate of drug-likeness (QED) is 0.481. The first kappa shape index (κ1) is 24.9. The topological polar surface area (TPSA) is 88.9 Å². The lowest BCUT2D eigenvalue weighted by atomic mass is 10.0. The third kappa shape index (κ3) is 6.17. The van der Waals surface area contributed by atoms with Gasteiger partial charge in [0.2, 0.25) is 5.91 Å². The van der Waals surface area contributed by atoms with E-state index in [1.54, 1.807) is 18.2 Å². The van der Waals surface area contributed by atoms with E-state index in [0.717, 1.165) is 12.8 Å². The molecule has 1 aromatic carbocycles. The van der Waals surface area contributed by atoms with E-state index in [2.05, 4.69) is 20.8 Å². The lowest BCUT2D eigenvalue weighted by molar-refractivity contribution is -0.119. The van der Waals surface area contributed by atoms with E-state index in [4.69, 9.17) is 23.2 Å². The molecule has 7 nitrogen and oxygen atoms in total. The van der Waals surface area contributed by atoms with Gasteiger partial charge in [0.15, 0.2) is 11.0 Å². The van der Waals surface area contributed by atoms with Gasteiger partial charge in [-0.05, 0) is 43.9 Å². The molecule has 3 rings (SSSR count). The van der Waals surface area contributed by atoms with E-state index >= 15 is 0 Å². The van der Waals surface area contributed by atoms with Crippen molar-refractivity contribution in [2.75, 3.05) is 5.75 Å². The second-order valence-electron chi connectivity index (χ2n) is 8.24. The van der Waals surface area contributed by atoms with E-state index < -0.39 is 0 Å².